The Morgan fingerprint density at radius 1 is 0.969 bits per heavy atom. The van der Waals surface area contributed by atoms with E-state index in [1.807, 2.05) is 17.0 Å². The molecule has 2 amide bonds. The van der Waals surface area contributed by atoms with Crippen LogP contribution in [0.3, 0.4) is 0 Å². The number of amides is 2. The number of carbonyl (C=O) groups excluding carboxylic acids is 1. The summed E-state index contributed by atoms with van der Waals surface area (Å²) >= 11 is 0. The van der Waals surface area contributed by atoms with Crippen LogP contribution < -0.4 is 10.2 Å². The van der Waals surface area contributed by atoms with Crippen LogP contribution >= 0.6 is 0 Å². The van der Waals surface area contributed by atoms with Crippen molar-refractivity contribution in [2.75, 3.05) is 42.9 Å². The number of piperazine rings is 1. The normalized spacial score (nSPS) is 20.6. The molecule has 172 valence electrons. The minimum atomic E-state index is 0.0216. The summed E-state index contributed by atoms with van der Waals surface area (Å²) in [4.78, 5) is 20.0. The highest BCUT2D eigenvalue weighted by Crippen LogP contribution is 2.31. The van der Waals surface area contributed by atoms with Crippen molar-refractivity contribution in [1.82, 2.24) is 9.80 Å². The van der Waals surface area contributed by atoms with Gasteiger partial charge in [0.25, 0.3) is 0 Å². The Hall–Kier alpha value is -2.53. The Morgan fingerprint density at radius 2 is 1.66 bits per heavy atom. The van der Waals surface area contributed by atoms with Crippen molar-refractivity contribution in [2.24, 2.45) is 0 Å². The molecule has 2 aliphatic rings. The van der Waals surface area contributed by atoms with Crippen LogP contribution in [0.15, 0.2) is 48.5 Å². The molecule has 2 aromatic carbocycles. The van der Waals surface area contributed by atoms with E-state index >= 15 is 0 Å². The van der Waals surface area contributed by atoms with Crippen LogP contribution in [0.2, 0.25) is 0 Å². The molecule has 1 N–H and O–H groups in total. The van der Waals surface area contributed by atoms with Crippen molar-refractivity contribution in [1.29, 1.82) is 0 Å². The third-order valence-electron chi connectivity index (χ3n) is 7.18. The summed E-state index contributed by atoms with van der Waals surface area (Å²) in [6.45, 7) is 13.6. The highest BCUT2D eigenvalue weighted by Gasteiger charge is 2.28. The highest BCUT2D eigenvalue weighted by atomic mass is 16.2. The standard InChI is InChI=1S/C27H38N4O/c1-20(2)30-17-18-31(22(4)19-30)26-8-6-5-7-25(26)28-27(32)29-15-13-24(14-16-29)23-11-9-21(3)10-12-23/h5-12,20,22,24H,13-19H2,1-4H3,(H,28,32)/t22-/m1/s1. The molecular formula is C27H38N4O. The summed E-state index contributed by atoms with van der Waals surface area (Å²) in [5.41, 5.74) is 4.74. The molecule has 32 heavy (non-hydrogen) atoms. The molecule has 1 atom stereocenters. The van der Waals surface area contributed by atoms with Gasteiger partial charge in [-0.1, -0.05) is 42.0 Å². The predicted octanol–water partition coefficient (Wildman–Crippen LogP) is 5.33. The van der Waals surface area contributed by atoms with Gasteiger partial charge >= 0.3 is 6.03 Å². The van der Waals surface area contributed by atoms with E-state index in [-0.39, 0.29) is 6.03 Å². The average Bonchev–Trinajstić information content (AvgIpc) is 2.80. The molecule has 4 rings (SSSR count). The molecule has 2 heterocycles. The number of anilines is 2. The van der Waals surface area contributed by atoms with Crippen LogP contribution in [0.5, 0.6) is 0 Å². The molecule has 5 nitrogen and oxygen atoms in total. The van der Waals surface area contributed by atoms with Gasteiger partial charge in [-0.2, -0.15) is 0 Å². The smallest absolute Gasteiger partial charge is 0.321 e. The van der Waals surface area contributed by atoms with Gasteiger partial charge in [0, 0.05) is 44.8 Å². The summed E-state index contributed by atoms with van der Waals surface area (Å²) in [5.74, 6) is 0.546. The van der Waals surface area contributed by atoms with Gasteiger partial charge in [-0.25, -0.2) is 4.79 Å². The molecular weight excluding hydrogens is 396 g/mol. The molecule has 0 unspecified atom stereocenters. The first-order valence-electron chi connectivity index (χ1n) is 12.1. The van der Waals surface area contributed by atoms with E-state index in [0.717, 1.165) is 56.9 Å². The van der Waals surface area contributed by atoms with E-state index in [0.29, 0.717) is 18.0 Å². The summed E-state index contributed by atoms with van der Waals surface area (Å²) < 4.78 is 0. The molecule has 2 saturated heterocycles. The molecule has 2 aliphatic heterocycles. The zero-order valence-electron chi connectivity index (χ0n) is 20.1. The van der Waals surface area contributed by atoms with Crippen molar-refractivity contribution >= 4 is 17.4 Å². The first kappa shape index (κ1) is 22.7. The Kier molecular flexibility index (Phi) is 7.04. The molecule has 2 aromatic rings. The predicted molar refractivity (Wildman–Crippen MR) is 134 cm³/mol. The van der Waals surface area contributed by atoms with Crippen LogP contribution in [-0.4, -0.2) is 60.6 Å². The van der Waals surface area contributed by atoms with E-state index in [9.17, 15) is 4.79 Å². The number of likely N-dealkylation sites (tertiary alicyclic amines) is 1. The lowest BCUT2D eigenvalue weighted by Gasteiger charge is -2.43. The topological polar surface area (TPSA) is 38.8 Å². The highest BCUT2D eigenvalue weighted by molar-refractivity contribution is 5.93. The van der Waals surface area contributed by atoms with E-state index in [2.05, 4.69) is 79.2 Å². The maximum atomic E-state index is 13.1. The molecule has 0 saturated carbocycles. The van der Waals surface area contributed by atoms with E-state index in [1.54, 1.807) is 0 Å². The number of benzene rings is 2. The van der Waals surface area contributed by atoms with Gasteiger partial charge in [0.15, 0.2) is 0 Å². The van der Waals surface area contributed by atoms with Crippen LogP contribution in [0.1, 0.15) is 50.7 Å². The van der Waals surface area contributed by atoms with Crippen LogP contribution in [0.25, 0.3) is 0 Å². The number of piperidine rings is 1. The van der Waals surface area contributed by atoms with Crippen LogP contribution in [0.4, 0.5) is 16.2 Å². The minimum Gasteiger partial charge on any atom is -0.365 e. The van der Waals surface area contributed by atoms with Gasteiger partial charge < -0.3 is 15.1 Å². The molecule has 0 spiro atoms. The third kappa shape index (κ3) is 5.09. The van der Waals surface area contributed by atoms with Crippen molar-refractivity contribution in [3.63, 3.8) is 0 Å². The average molecular weight is 435 g/mol. The van der Waals surface area contributed by atoms with Crippen molar-refractivity contribution in [3.8, 4) is 0 Å². The van der Waals surface area contributed by atoms with Gasteiger partial charge in [0.05, 0.1) is 11.4 Å². The quantitative estimate of drug-likeness (QED) is 0.707. The lowest BCUT2D eigenvalue weighted by Crippen LogP contribution is -2.54. The number of nitrogens with one attached hydrogen (secondary N) is 1. The number of rotatable bonds is 4. The number of aryl methyl sites for hydroxylation is 1. The Morgan fingerprint density at radius 3 is 2.31 bits per heavy atom. The number of para-hydroxylation sites is 2. The monoisotopic (exact) mass is 434 g/mol. The lowest BCUT2D eigenvalue weighted by atomic mass is 9.89. The fraction of sp³-hybridized carbons (Fsp3) is 0.519. The Labute approximate surface area is 193 Å². The molecule has 0 radical (unpaired) electrons. The van der Waals surface area contributed by atoms with Crippen molar-refractivity contribution < 1.29 is 4.79 Å². The largest absolute Gasteiger partial charge is 0.365 e. The van der Waals surface area contributed by atoms with Crippen LogP contribution in [0, 0.1) is 6.92 Å². The zero-order valence-corrected chi connectivity index (χ0v) is 20.1. The second kappa shape index (κ2) is 9.95. The Bertz CT molecular complexity index is 902. The number of nitrogens with zero attached hydrogens (tertiary/aromatic N) is 3. The second-order valence-corrected chi connectivity index (χ2v) is 9.75. The lowest BCUT2D eigenvalue weighted by molar-refractivity contribution is 0.185. The summed E-state index contributed by atoms with van der Waals surface area (Å²) in [6, 6.07) is 18.1. The number of carbonyl (C=O) groups is 1. The van der Waals surface area contributed by atoms with Crippen molar-refractivity contribution in [2.45, 2.75) is 58.5 Å². The first-order valence-corrected chi connectivity index (χ1v) is 12.1. The van der Waals surface area contributed by atoms with E-state index < -0.39 is 0 Å². The minimum absolute atomic E-state index is 0.0216. The van der Waals surface area contributed by atoms with Gasteiger partial charge in [-0.05, 0) is 64.2 Å². The van der Waals surface area contributed by atoms with Gasteiger partial charge in [-0.3, -0.25) is 4.90 Å². The maximum Gasteiger partial charge on any atom is 0.321 e. The van der Waals surface area contributed by atoms with Crippen LogP contribution in [-0.2, 0) is 0 Å². The van der Waals surface area contributed by atoms with Gasteiger partial charge in [-0.15, -0.1) is 0 Å². The Balaban J connectivity index is 1.38. The SMILES string of the molecule is Cc1ccc(C2CCN(C(=O)Nc3ccccc3N3CCN(C(C)C)C[C@H]3C)CC2)cc1. The zero-order chi connectivity index (χ0) is 22.7. The van der Waals surface area contributed by atoms with Gasteiger partial charge in [0.1, 0.15) is 0 Å². The molecule has 5 heteroatoms. The molecule has 0 aliphatic carbocycles. The summed E-state index contributed by atoms with van der Waals surface area (Å²) in [7, 11) is 0. The van der Waals surface area contributed by atoms with E-state index in [1.165, 1.54) is 11.1 Å². The number of urea groups is 1. The maximum absolute atomic E-state index is 13.1. The molecule has 0 bridgehead atoms. The fourth-order valence-electron chi connectivity index (χ4n) is 5.09. The summed E-state index contributed by atoms with van der Waals surface area (Å²) in [6.07, 6.45) is 2.04. The number of hydrogen-bond acceptors (Lipinski definition) is 3. The van der Waals surface area contributed by atoms with E-state index in [4.69, 9.17) is 0 Å². The fourth-order valence-corrected chi connectivity index (χ4v) is 5.09. The first-order chi connectivity index (χ1) is 15.4. The molecule has 0 aromatic heterocycles. The van der Waals surface area contributed by atoms with Gasteiger partial charge in [0.2, 0.25) is 0 Å². The third-order valence-corrected chi connectivity index (χ3v) is 7.18. The molecule has 2 fully saturated rings. The van der Waals surface area contributed by atoms with Crippen molar-refractivity contribution in [3.05, 3.63) is 59.7 Å². The number of hydrogen-bond donors (Lipinski definition) is 1. The summed E-state index contributed by atoms with van der Waals surface area (Å²) in [5, 5.41) is 3.23. The second-order valence-electron chi connectivity index (χ2n) is 9.75.